The molecule has 10 heteroatoms. The molecule has 2 amide bonds. The Hall–Kier alpha value is -1.97. The van der Waals surface area contributed by atoms with Crippen LogP contribution in [0.1, 0.15) is 48.0 Å². The first kappa shape index (κ1) is 25.1. The number of carbonyl (C=O) groups is 2. The molecule has 1 aromatic rings. The van der Waals surface area contributed by atoms with Gasteiger partial charge in [-0.15, -0.1) is 0 Å². The molecule has 0 aliphatic carbocycles. The van der Waals surface area contributed by atoms with Crippen molar-refractivity contribution in [3.8, 4) is 0 Å². The van der Waals surface area contributed by atoms with Gasteiger partial charge in [-0.3, -0.25) is 4.99 Å². The van der Waals surface area contributed by atoms with Crippen LogP contribution in [-0.2, 0) is 23.1 Å². The minimum absolute atomic E-state index is 0.373. The van der Waals surface area contributed by atoms with Gasteiger partial charge in [-0.05, 0) is 63.9 Å². The van der Waals surface area contributed by atoms with Crippen molar-refractivity contribution in [1.29, 1.82) is 0 Å². The van der Waals surface area contributed by atoms with Crippen LogP contribution in [0.5, 0.6) is 0 Å². The lowest BCUT2D eigenvalue weighted by atomic mass is 10.2. The molecular formula is C19H34BrN5O4. The van der Waals surface area contributed by atoms with Crippen LogP contribution in [0.15, 0.2) is 15.8 Å². The summed E-state index contributed by atoms with van der Waals surface area (Å²) < 4.78 is 15.2. The number of imidazole rings is 1. The molecule has 0 aliphatic rings. The average molecular weight is 476 g/mol. The van der Waals surface area contributed by atoms with Crippen LogP contribution < -0.4 is 16.3 Å². The average Bonchev–Trinajstić information content (AvgIpc) is 2.79. The van der Waals surface area contributed by atoms with Crippen LogP contribution >= 0.6 is 15.9 Å². The third-order valence-corrected chi connectivity index (χ3v) is 4.15. The Morgan fingerprint density at radius 1 is 1.03 bits per heavy atom. The topological polar surface area (TPSA) is 98.9 Å². The van der Waals surface area contributed by atoms with E-state index >= 15 is 0 Å². The summed E-state index contributed by atoms with van der Waals surface area (Å²) in [4.78, 5) is 28.0. The zero-order valence-corrected chi connectivity index (χ0v) is 20.1. The van der Waals surface area contributed by atoms with Crippen LogP contribution in [0.4, 0.5) is 9.59 Å². The van der Waals surface area contributed by atoms with Crippen LogP contribution in [0.25, 0.3) is 0 Å². The predicted molar refractivity (Wildman–Crippen MR) is 115 cm³/mol. The van der Waals surface area contributed by atoms with E-state index in [1.807, 2.05) is 63.9 Å². The van der Waals surface area contributed by atoms with Crippen molar-refractivity contribution in [2.45, 2.75) is 65.7 Å². The predicted octanol–water partition coefficient (Wildman–Crippen LogP) is 2.93. The van der Waals surface area contributed by atoms with Gasteiger partial charge in [0, 0.05) is 32.9 Å². The molecule has 1 rings (SSSR count). The largest absolute Gasteiger partial charge is 0.444 e. The second kappa shape index (κ2) is 10.7. The Kier molecular flexibility index (Phi) is 9.25. The molecule has 0 bridgehead atoms. The van der Waals surface area contributed by atoms with Crippen molar-refractivity contribution in [2.24, 2.45) is 12.0 Å². The monoisotopic (exact) mass is 475 g/mol. The summed E-state index contributed by atoms with van der Waals surface area (Å²) in [5.74, 6) is 0. The van der Waals surface area contributed by atoms with Crippen molar-refractivity contribution in [3.05, 3.63) is 16.4 Å². The van der Waals surface area contributed by atoms with Crippen LogP contribution in [0, 0.1) is 0 Å². The van der Waals surface area contributed by atoms with E-state index in [0.717, 1.165) is 16.6 Å². The number of aromatic nitrogens is 2. The number of aryl methyl sites for hydroxylation is 1. The second-order valence-corrected chi connectivity index (χ2v) is 9.41. The molecule has 0 spiro atoms. The first-order chi connectivity index (χ1) is 13.3. The highest BCUT2D eigenvalue weighted by molar-refractivity contribution is 9.10. The number of hydrogen-bond donors (Lipinski definition) is 2. The van der Waals surface area contributed by atoms with Crippen molar-refractivity contribution in [2.75, 3.05) is 19.6 Å². The van der Waals surface area contributed by atoms with Crippen molar-refractivity contribution in [1.82, 2.24) is 19.8 Å². The molecule has 0 fully saturated rings. The first-order valence-electron chi connectivity index (χ1n) is 9.64. The Bertz CT molecular complexity index is 756. The van der Waals surface area contributed by atoms with Crippen molar-refractivity contribution < 1.29 is 19.1 Å². The molecule has 9 nitrogen and oxygen atoms in total. The smallest absolute Gasteiger partial charge is 0.407 e. The van der Waals surface area contributed by atoms with E-state index in [0.29, 0.717) is 26.2 Å². The number of halogens is 1. The molecule has 29 heavy (non-hydrogen) atoms. The maximum absolute atomic E-state index is 11.7. The van der Waals surface area contributed by atoms with Gasteiger partial charge in [0.05, 0.1) is 6.54 Å². The molecule has 1 aromatic heterocycles. The van der Waals surface area contributed by atoms with Crippen LogP contribution in [-0.4, -0.2) is 52.2 Å². The summed E-state index contributed by atoms with van der Waals surface area (Å²) in [5.41, 5.74) is -0.275. The zero-order chi connectivity index (χ0) is 22.2. The van der Waals surface area contributed by atoms with E-state index in [1.165, 1.54) is 0 Å². The lowest BCUT2D eigenvalue weighted by Gasteiger charge is -2.19. The fourth-order valence-corrected chi connectivity index (χ4v) is 2.71. The minimum atomic E-state index is -0.527. The summed E-state index contributed by atoms with van der Waals surface area (Å²) in [7, 11) is 1.90. The van der Waals surface area contributed by atoms with E-state index in [1.54, 1.807) is 0 Å². The number of hydrogen-bond acceptors (Lipinski definition) is 5. The van der Waals surface area contributed by atoms with Crippen LogP contribution in [0.3, 0.4) is 0 Å². The Balaban J connectivity index is 2.55. The van der Waals surface area contributed by atoms with Gasteiger partial charge < -0.3 is 29.2 Å². The summed E-state index contributed by atoms with van der Waals surface area (Å²) in [6.45, 7) is 12.9. The summed E-state index contributed by atoms with van der Waals surface area (Å²) in [5, 5.41) is 5.44. The van der Waals surface area contributed by atoms with E-state index < -0.39 is 23.4 Å². The summed E-state index contributed by atoms with van der Waals surface area (Å²) in [6, 6.07) is 0. The SMILES string of the molecule is Cn1c(Br)cn(CCCNC(=O)OC(C)(C)C)/c1=N/CCNC(=O)OC(C)(C)C. The normalized spacial score (nSPS) is 12.6. The molecule has 166 valence electrons. The Morgan fingerprint density at radius 3 is 2.07 bits per heavy atom. The van der Waals surface area contributed by atoms with E-state index in [2.05, 4.69) is 31.6 Å². The standard InChI is InChI=1S/C19H34BrN5O4/c1-18(2,3)28-16(26)22-9-8-12-25-13-14(20)24(7)15(25)21-10-11-23-17(27)29-19(4,5)6/h13H,8-12H2,1-7H3,(H,22,26)(H,23,27)/b21-15+. The Morgan fingerprint density at radius 2 is 1.55 bits per heavy atom. The number of rotatable bonds is 7. The summed E-state index contributed by atoms with van der Waals surface area (Å²) >= 11 is 3.50. The van der Waals surface area contributed by atoms with Gasteiger partial charge in [-0.2, -0.15) is 0 Å². The lowest BCUT2D eigenvalue weighted by molar-refractivity contribution is 0.0516. The molecule has 0 radical (unpaired) electrons. The molecule has 0 saturated carbocycles. The molecular weight excluding hydrogens is 442 g/mol. The van der Waals surface area contributed by atoms with Gasteiger partial charge in [0.15, 0.2) is 0 Å². The van der Waals surface area contributed by atoms with Crippen molar-refractivity contribution >= 4 is 28.1 Å². The highest BCUT2D eigenvalue weighted by atomic mass is 79.9. The molecule has 0 aromatic carbocycles. The number of amides is 2. The fourth-order valence-electron chi connectivity index (χ4n) is 2.30. The first-order valence-corrected chi connectivity index (χ1v) is 10.4. The molecule has 1 heterocycles. The molecule has 0 aliphatic heterocycles. The van der Waals surface area contributed by atoms with Gasteiger partial charge in [0.1, 0.15) is 15.8 Å². The number of nitrogens with one attached hydrogen (secondary N) is 2. The number of carbonyl (C=O) groups excluding carboxylic acids is 2. The van der Waals surface area contributed by atoms with E-state index in [-0.39, 0.29) is 0 Å². The maximum atomic E-state index is 11.7. The molecule has 0 unspecified atom stereocenters. The zero-order valence-electron chi connectivity index (χ0n) is 18.5. The highest BCUT2D eigenvalue weighted by Crippen LogP contribution is 2.08. The quantitative estimate of drug-likeness (QED) is 0.592. The van der Waals surface area contributed by atoms with E-state index in [9.17, 15) is 9.59 Å². The number of alkyl carbamates (subject to hydrolysis) is 2. The van der Waals surface area contributed by atoms with Gasteiger partial charge in [-0.25, -0.2) is 9.59 Å². The number of ether oxygens (including phenoxy) is 2. The van der Waals surface area contributed by atoms with Crippen molar-refractivity contribution in [3.63, 3.8) is 0 Å². The fraction of sp³-hybridized carbons (Fsp3) is 0.737. The summed E-state index contributed by atoms with van der Waals surface area (Å²) in [6.07, 6.45) is 1.78. The molecule has 0 saturated heterocycles. The third kappa shape index (κ3) is 10.4. The maximum Gasteiger partial charge on any atom is 0.407 e. The van der Waals surface area contributed by atoms with Gasteiger partial charge >= 0.3 is 12.2 Å². The minimum Gasteiger partial charge on any atom is -0.444 e. The van der Waals surface area contributed by atoms with Gasteiger partial charge in [-0.1, -0.05) is 0 Å². The van der Waals surface area contributed by atoms with Gasteiger partial charge in [0.2, 0.25) is 5.62 Å². The Labute approximate surface area is 181 Å². The third-order valence-electron chi connectivity index (χ3n) is 3.42. The second-order valence-electron chi connectivity index (χ2n) is 8.60. The molecule has 2 N–H and O–H groups in total. The van der Waals surface area contributed by atoms with Gasteiger partial charge in [0.25, 0.3) is 0 Å². The number of nitrogens with zero attached hydrogens (tertiary/aromatic N) is 3. The highest BCUT2D eigenvalue weighted by Gasteiger charge is 2.16. The lowest BCUT2D eigenvalue weighted by Crippen LogP contribution is -2.35. The molecule has 0 atom stereocenters. The van der Waals surface area contributed by atoms with E-state index in [4.69, 9.17) is 9.47 Å². The van der Waals surface area contributed by atoms with Crippen LogP contribution in [0.2, 0.25) is 0 Å².